The zero-order valence-electron chi connectivity index (χ0n) is 12.1. The Labute approximate surface area is 132 Å². The van der Waals surface area contributed by atoms with Crippen molar-refractivity contribution in [1.29, 1.82) is 0 Å². The van der Waals surface area contributed by atoms with E-state index in [0.717, 1.165) is 0 Å². The molecule has 0 unspecified atom stereocenters. The Morgan fingerprint density at radius 3 is 2.55 bits per heavy atom. The lowest BCUT2D eigenvalue weighted by molar-refractivity contribution is -0.131. The molecule has 5 nitrogen and oxygen atoms in total. The molecule has 0 spiro atoms. The lowest BCUT2D eigenvalue weighted by Gasteiger charge is -2.09. The quantitative estimate of drug-likeness (QED) is 0.691. The first kappa shape index (κ1) is 15.9. The predicted molar refractivity (Wildman–Crippen MR) is 83.7 cm³/mol. The van der Waals surface area contributed by atoms with Crippen LogP contribution in [0.3, 0.4) is 0 Å². The summed E-state index contributed by atoms with van der Waals surface area (Å²) in [6.07, 6.45) is 0. The zero-order chi connectivity index (χ0) is 16.1. The van der Waals surface area contributed by atoms with E-state index in [9.17, 15) is 9.59 Å². The first-order valence-electron chi connectivity index (χ1n) is 6.43. The first-order valence-corrected chi connectivity index (χ1v) is 6.81. The Hall–Kier alpha value is -2.53. The molecular formula is C16H14ClNO4. The molecule has 0 bridgehead atoms. The maximum atomic E-state index is 12.2. The van der Waals surface area contributed by atoms with Gasteiger partial charge in [0, 0.05) is 18.2 Å². The number of amides is 1. The average molecular weight is 320 g/mol. The Morgan fingerprint density at radius 2 is 1.91 bits per heavy atom. The van der Waals surface area contributed by atoms with Gasteiger partial charge in [0.05, 0.1) is 12.1 Å². The largest absolute Gasteiger partial charge is 0.495 e. The molecule has 0 aliphatic heterocycles. The molecule has 1 N–H and O–H groups in total. The molecule has 0 saturated carbocycles. The summed E-state index contributed by atoms with van der Waals surface area (Å²) in [5, 5.41) is 3.11. The van der Waals surface area contributed by atoms with Crippen molar-refractivity contribution in [3.63, 3.8) is 0 Å². The SMILES string of the molecule is COc1ccc(NC(=O)c2cccc(OC(C)=O)c2)cc1Cl. The van der Waals surface area contributed by atoms with Crippen molar-refractivity contribution < 1.29 is 19.1 Å². The molecule has 0 radical (unpaired) electrons. The number of hydrogen-bond donors (Lipinski definition) is 1. The van der Waals surface area contributed by atoms with E-state index < -0.39 is 5.97 Å². The summed E-state index contributed by atoms with van der Waals surface area (Å²) in [5.41, 5.74) is 0.902. The van der Waals surface area contributed by atoms with Crippen LogP contribution in [0.2, 0.25) is 5.02 Å². The number of benzene rings is 2. The van der Waals surface area contributed by atoms with Gasteiger partial charge in [0.1, 0.15) is 11.5 Å². The summed E-state index contributed by atoms with van der Waals surface area (Å²) in [4.78, 5) is 23.1. The molecule has 1 amide bonds. The number of halogens is 1. The number of ether oxygens (including phenoxy) is 2. The van der Waals surface area contributed by atoms with Gasteiger partial charge in [0.25, 0.3) is 5.91 Å². The van der Waals surface area contributed by atoms with E-state index in [4.69, 9.17) is 21.1 Å². The van der Waals surface area contributed by atoms with Gasteiger partial charge >= 0.3 is 5.97 Å². The molecule has 0 aliphatic carbocycles. The van der Waals surface area contributed by atoms with E-state index in [1.807, 2.05) is 0 Å². The number of carbonyl (C=O) groups excluding carboxylic acids is 2. The smallest absolute Gasteiger partial charge is 0.308 e. The van der Waals surface area contributed by atoms with Gasteiger partial charge in [-0.15, -0.1) is 0 Å². The van der Waals surface area contributed by atoms with Crippen molar-refractivity contribution >= 4 is 29.2 Å². The van der Waals surface area contributed by atoms with Crippen LogP contribution in [0.25, 0.3) is 0 Å². The van der Waals surface area contributed by atoms with E-state index in [1.54, 1.807) is 36.4 Å². The van der Waals surface area contributed by atoms with Crippen molar-refractivity contribution in [2.75, 3.05) is 12.4 Å². The van der Waals surface area contributed by atoms with Gasteiger partial charge in [-0.1, -0.05) is 17.7 Å². The van der Waals surface area contributed by atoms with Gasteiger partial charge in [0.15, 0.2) is 0 Å². The summed E-state index contributed by atoms with van der Waals surface area (Å²) in [7, 11) is 1.51. The van der Waals surface area contributed by atoms with Crippen LogP contribution in [0.15, 0.2) is 42.5 Å². The number of anilines is 1. The summed E-state index contributed by atoms with van der Waals surface area (Å²) in [6.45, 7) is 1.30. The first-order chi connectivity index (χ1) is 10.5. The van der Waals surface area contributed by atoms with Crippen molar-refractivity contribution in [2.45, 2.75) is 6.92 Å². The fraction of sp³-hybridized carbons (Fsp3) is 0.125. The molecular weight excluding hydrogens is 306 g/mol. The number of nitrogens with one attached hydrogen (secondary N) is 1. The van der Waals surface area contributed by atoms with Crippen molar-refractivity contribution in [3.05, 3.63) is 53.1 Å². The molecule has 2 aromatic carbocycles. The van der Waals surface area contributed by atoms with Crippen molar-refractivity contribution in [2.24, 2.45) is 0 Å². The van der Waals surface area contributed by atoms with E-state index in [1.165, 1.54) is 20.1 Å². The lowest BCUT2D eigenvalue weighted by Crippen LogP contribution is -2.12. The fourth-order valence-corrected chi connectivity index (χ4v) is 2.07. The minimum absolute atomic E-state index is 0.313. The van der Waals surface area contributed by atoms with E-state index >= 15 is 0 Å². The number of esters is 1. The monoisotopic (exact) mass is 319 g/mol. The molecule has 2 aromatic rings. The highest BCUT2D eigenvalue weighted by Gasteiger charge is 2.09. The maximum Gasteiger partial charge on any atom is 0.308 e. The average Bonchev–Trinajstić information content (AvgIpc) is 2.47. The van der Waals surface area contributed by atoms with Crippen LogP contribution in [0.4, 0.5) is 5.69 Å². The van der Waals surface area contributed by atoms with Crippen LogP contribution in [-0.4, -0.2) is 19.0 Å². The molecule has 22 heavy (non-hydrogen) atoms. The Kier molecular flexibility index (Phi) is 5.01. The van der Waals surface area contributed by atoms with Gasteiger partial charge in [0.2, 0.25) is 0 Å². The summed E-state index contributed by atoms with van der Waals surface area (Å²) >= 11 is 6.01. The minimum atomic E-state index is -0.445. The highest BCUT2D eigenvalue weighted by molar-refractivity contribution is 6.32. The van der Waals surface area contributed by atoms with Crippen molar-refractivity contribution in [3.8, 4) is 11.5 Å². The molecule has 0 fully saturated rings. The normalized spacial score (nSPS) is 9.95. The second-order valence-corrected chi connectivity index (χ2v) is 4.83. The van der Waals surface area contributed by atoms with E-state index in [0.29, 0.717) is 27.8 Å². The van der Waals surface area contributed by atoms with Crippen LogP contribution in [0.1, 0.15) is 17.3 Å². The summed E-state index contributed by atoms with van der Waals surface area (Å²) < 4.78 is 10.00. The highest BCUT2D eigenvalue weighted by Crippen LogP contribution is 2.27. The third-order valence-electron chi connectivity index (χ3n) is 2.77. The van der Waals surface area contributed by atoms with Gasteiger partial charge in [-0.2, -0.15) is 0 Å². The van der Waals surface area contributed by atoms with Crippen molar-refractivity contribution in [1.82, 2.24) is 0 Å². The second kappa shape index (κ2) is 6.95. The predicted octanol–water partition coefficient (Wildman–Crippen LogP) is 3.53. The van der Waals surface area contributed by atoms with Crippen LogP contribution in [-0.2, 0) is 4.79 Å². The topological polar surface area (TPSA) is 64.6 Å². The lowest BCUT2D eigenvalue weighted by atomic mass is 10.2. The fourth-order valence-electron chi connectivity index (χ4n) is 1.81. The summed E-state index contributed by atoms with van der Waals surface area (Å²) in [6, 6.07) is 11.3. The van der Waals surface area contributed by atoms with E-state index in [-0.39, 0.29) is 5.91 Å². The van der Waals surface area contributed by atoms with Crippen LogP contribution >= 0.6 is 11.6 Å². The van der Waals surface area contributed by atoms with Crippen LogP contribution in [0.5, 0.6) is 11.5 Å². The molecule has 0 atom stereocenters. The van der Waals surface area contributed by atoms with Gasteiger partial charge in [-0.05, 0) is 36.4 Å². The van der Waals surface area contributed by atoms with Crippen LogP contribution < -0.4 is 14.8 Å². The number of carbonyl (C=O) groups is 2. The molecule has 0 aliphatic rings. The van der Waals surface area contributed by atoms with Crippen LogP contribution in [0, 0.1) is 0 Å². The molecule has 6 heteroatoms. The molecule has 0 aromatic heterocycles. The van der Waals surface area contributed by atoms with Gasteiger partial charge in [-0.3, -0.25) is 9.59 Å². The third kappa shape index (κ3) is 3.99. The molecule has 2 rings (SSSR count). The minimum Gasteiger partial charge on any atom is -0.495 e. The summed E-state index contributed by atoms with van der Waals surface area (Å²) in [5.74, 6) is 0.0548. The Balaban J connectivity index is 2.15. The Morgan fingerprint density at radius 1 is 1.14 bits per heavy atom. The van der Waals surface area contributed by atoms with Gasteiger partial charge in [-0.25, -0.2) is 0 Å². The van der Waals surface area contributed by atoms with Gasteiger partial charge < -0.3 is 14.8 Å². The highest BCUT2D eigenvalue weighted by atomic mass is 35.5. The van der Waals surface area contributed by atoms with E-state index in [2.05, 4.69) is 5.32 Å². The number of hydrogen-bond acceptors (Lipinski definition) is 4. The zero-order valence-corrected chi connectivity index (χ0v) is 12.8. The number of methoxy groups -OCH3 is 1. The molecule has 114 valence electrons. The Bertz CT molecular complexity index is 715. The maximum absolute atomic E-state index is 12.2. The molecule has 0 heterocycles. The standard InChI is InChI=1S/C16H14ClNO4/c1-10(19)22-13-5-3-4-11(8-13)16(20)18-12-6-7-15(21-2)14(17)9-12/h3-9H,1-2H3,(H,18,20). The molecule has 0 saturated heterocycles. The third-order valence-corrected chi connectivity index (χ3v) is 3.06. The number of rotatable bonds is 4. The second-order valence-electron chi connectivity index (χ2n) is 4.42.